The number of carbonyl (C=O) groups excluding carboxylic acids is 1. The van der Waals surface area contributed by atoms with Gasteiger partial charge in [-0.1, -0.05) is 23.2 Å². The molecular weight excluding hydrogens is 601 g/mol. The summed E-state index contributed by atoms with van der Waals surface area (Å²) in [5.41, 5.74) is 6.16. The summed E-state index contributed by atoms with van der Waals surface area (Å²) >= 11 is 11.0. The van der Waals surface area contributed by atoms with Crippen molar-refractivity contribution >= 4 is 66.1 Å². The molecule has 0 spiro atoms. The second kappa shape index (κ2) is 14.2. The van der Waals surface area contributed by atoms with E-state index in [0.29, 0.717) is 24.2 Å². The van der Waals surface area contributed by atoms with Gasteiger partial charge >= 0.3 is 5.97 Å². The molecule has 216 valence electrons. The van der Waals surface area contributed by atoms with Crippen molar-refractivity contribution in [2.75, 3.05) is 34.1 Å². The van der Waals surface area contributed by atoms with Crippen molar-refractivity contribution in [1.29, 1.82) is 0 Å². The molecule has 2 heterocycles. The van der Waals surface area contributed by atoms with Gasteiger partial charge in [-0.05, 0) is 62.1 Å². The zero-order chi connectivity index (χ0) is 29.4. The molecule has 15 heteroatoms. The van der Waals surface area contributed by atoms with E-state index in [1.807, 2.05) is 0 Å². The lowest BCUT2D eigenvalue weighted by Gasteiger charge is -2.21. The lowest BCUT2D eigenvalue weighted by Crippen LogP contribution is -2.31. The Kier molecular flexibility index (Phi) is 12.0. The predicted molar refractivity (Wildman–Crippen MR) is 146 cm³/mol. The number of carbonyl (C=O) groups is 2. The third-order valence-corrected chi connectivity index (χ3v) is 9.97. The number of nitrogens with two attached hydrogens (primary N) is 1. The summed E-state index contributed by atoms with van der Waals surface area (Å²) in [6.45, 7) is 0. The van der Waals surface area contributed by atoms with Crippen LogP contribution in [0.2, 0.25) is 10.0 Å². The van der Waals surface area contributed by atoms with Crippen LogP contribution in [0.4, 0.5) is 20.2 Å². The molecule has 0 unspecified atom stereocenters. The van der Waals surface area contributed by atoms with Crippen LogP contribution in [0.1, 0.15) is 25.7 Å². The van der Waals surface area contributed by atoms with Crippen molar-refractivity contribution in [3.8, 4) is 0 Å². The Morgan fingerprint density at radius 2 is 1.23 bits per heavy atom. The average molecular weight is 630 g/mol. The molecule has 0 bridgehead atoms. The van der Waals surface area contributed by atoms with Crippen LogP contribution in [0, 0.1) is 23.5 Å². The summed E-state index contributed by atoms with van der Waals surface area (Å²) in [4.78, 5) is 22.3. The van der Waals surface area contributed by atoms with Crippen molar-refractivity contribution in [3.63, 3.8) is 0 Å². The first-order valence-electron chi connectivity index (χ1n) is 11.7. The fourth-order valence-electron chi connectivity index (χ4n) is 3.62. The van der Waals surface area contributed by atoms with Gasteiger partial charge in [0.25, 0.3) is 0 Å². The highest BCUT2D eigenvalue weighted by molar-refractivity contribution is 7.91. The highest BCUT2D eigenvalue weighted by Crippen LogP contribution is 2.23. The monoisotopic (exact) mass is 628 g/mol. The number of nitrogens with one attached hydrogen (secondary N) is 1. The van der Waals surface area contributed by atoms with Crippen molar-refractivity contribution in [2.24, 2.45) is 11.8 Å². The van der Waals surface area contributed by atoms with Gasteiger partial charge < -0.3 is 16.2 Å². The van der Waals surface area contributed by atoms with Crippen molar-refractivity contribution < 1.29 is 40.3 Å². The highest BCUT2D eigenvalue weighted by atomic mass is 35.5. The molecule has 0 atom stereocenters. The van der Waals surface area contributed by atoms with Crippen LogP contribution >= 0.6 is 23.2 Å². The molecule has 0 saturated carbocycles. The molecule has 2 fully saturated rings. The maximum absolute atomic E-state index is 13.0. The van der Waals surface area contributed by atoms with Crippen LogP contribution < -0.4 is 11.1 Å². The minimum Gasteiger partial charge on any atom is -0.481 e. The van der Waals surface area contributed by atoms with Gasteiger partial charge in [0.1, 0.15) is 31.3 Å². The molecule has 4 rings (SSSR count). The third kappa shape index (κ3) is 11.3. The quantitative estimate of drug-likeness (QED) is 0.426. The van der Waals surface area contributed by atoms with Crippen LogP contribution in [-0.4, -0.2) is 56.8 Å². The first-order valence-corrected chi connectivity index (χ1v) is 16.1. The molecule has 39 heavy (non-hydrogen) atoms. The molecule has 2 aliphatic rings. The van der Waals surface area contributed by atoms with Gasteiger partial charge in [-0.15, -0.1) is 0 Å². The minimum atomic E-state index is -2.99. The Balaban J connectivity index is 0.000000226. The molecule has 2 aromatic carbocycles. The first-order chi connectivity index (χ1) is 18.1. The van der Waals surface area contributed by atoms with E-state index in [4.69, 9.17) is 34.0 Å². The third-order valence-electron chi connectivity index (χ3n) is 5.96. The fraction of sp³-hybridized carbons (Fsp3) is 0.417. The largest absolute Gasteiger partial charge is 0.481 e. The lowest BCUT2D eigenvalue weighted by molar-refractivity contribution is -0.141. The van der Waals surface area contributed by atoms with E-state index >= 15 is 0 Å². The summed E-state index contributed by atoms with van der Waals surface area (Å²) in [5.74, 6) is -2.75. The smallest absolute Gasteiger partial charge is 0.306 e. The molecule has 0 aromatic heterocycles. The van der Waals surface area contributed by atoms with Gasteiger partial charge in [0, 0.05) is 17.3 Å². The number of halogens is 4. The van der Waals surface area contributed by atoms with Crippen molar-refractivity contribution in [1.82, 2.24) is 0 Å². The molecule has 0 radical (unpaired) electrons. The van der Waals surface area contributed by atoms with Crippen molar-refractivity contribution in [2.45, 2.75) is 25.7 Å². The van der Waals surface area contributed by atoms with Gasteiger partial charge in [-0.25, -0.2) is 25.6 Å². The molecular formula is C24H28Cl2F2N2O7S2. The number of sulfone groups is 2. The zero-order valence-electron chi connectivity index (χ0n) is 20.6. The maximum Gasteiger partial charge on any atom is 0.306 e. The number of amides is 1. The number of nitrogen functional groups attached to an aromatic ring is 1. The Bertz CT molecular complexity index is 1380. The maximum atomic E-state index is 13.0. The van der Waals surface area contributed by atoms with E-state index in [-0.39, 0.29) is 57.7 Å². The molecule has 0 aliphatic carbocycles. The molecule has 1 amide bonds. The van der Waals surface area contributed by atoms with E-state index in [1.165, 1.54) is 36.4 Å². The molecule has 2 saturated heterocycles. The van der Waals surface area contributed by atoms with Gasteiger partial charge in [-0.3, -0.25) is 9.59 Å². The van der Waals surface area contributed by atoms with Crippen LogP contribution in [0.5, 0.6) is 0 Å². The molecule has 4 N–H and O–H groups in total. The number of carboxylic acid groups (broad SMARTS) is 1. The second-order valence-corrected chi connectivity index (χ2v) is 14.4. The standard InChI is InChI=1S/C12H13ClFNO3S.C6H5ClFN.C6H10O4S/c13-10-7-9(1-2-11(10)14)15-12(16)8-3-5-19(17,18)6-4-8;7-5-3-4(9)1-2-6(5)8;7-6(8)5-1-3-11(9,10)4-2-5/h1-2,7-8H,3-6H2,(H,15,16);1-3H,9H2;5H,1-4H2,(H,7,8). The van der Waals surface area contributed by atoms with E-state index in [2.05, 4.69) is 5.32 Å². The van der Waals surface area contributed by atoms with Crippen LogP contribution in [0.25, 0.3) is 0 Å². The van der Waals surface area contributed by atoms with Gasteiger partial charge in [0.2, 0.25) is 5.91 Å². The SMILES string of the molecule is Nc1ccc(F)c(Cl)c1.O=C(Nc1ccc(F)c(Cl)c1)C1CCS(=O)(=O)CC1.O=C(O)C1CCS(=O)(=O)CC1. The number of aliphatic carboxylic acids is 1. The summed E-state index contributed by atoms with van der Waals surface area (Å²) < 4.78 is 69.5. The van der Waals surface area contributed by atoms with Crippen LogP contribution in [-0.2, 0) is 29.3 Å². The van der Waals surface area contributed by atoms with Crippen LogP contribution in [0.3, 0.4) is 0 Å². The Morgan fingerprint density at radius 3 is 1.64 bits per heavy atom. The number of benzene rings is 2. The number of hydrogen-bond donors (Lipinski definition) is 3. The first kappa shape index (κ1) is 32.7. The number of rotatable bonds is 3. The minimum absolute atomic E-state index is 0.0317. The highest BCUT2D eigenvalue weighted by Gasteiger charge is 2.29. The van der Waals surface area contributed by atoms with Gasteiger partial charge in [0.05, 0.1) is 39.0 Å². The van der Waals surface area contributed by atoms with Gasteiger partial charge in [-0.2, -0.15) is 0 Å². The average Bonchev–Trinajstić information content (AvgIpc) is 2.84. The molecule has 2 aliphatic heterocycles. The lowest BCUT2D eigenvalue weighted by atomic mass is 10.0. The predicted octanol–water partition coefficient (Wildman–Crippen LogP) is 4.20. The van der Waals surface area contributed by atoms with Crippen LogP contribution in [0.15, 0.2) is 36.4 Å². The van der Waals surface area contributed by atoms with E-state index < -0.39 is 43.2 Å². The summed E-state index contributed by atoms with van der Waals surface area (Å²) in [5, 5.41) is 11.1. The van der Waals surface area contributed by atoms with Crippen molar-refractivity contribution in [3.05, 3.63) is 58.1 Å². The normalized spacial score (nSPS) is 18.5. The topological polar surface area (TPSA) is 161 Å². The zero-order valence-corrected chi connectivity index (χ0v) is 23.7. The Labute approximate surface area is 235 Å². The summed E-state index contributed by atoms with van der Waals surface area (Å²) in [6, 6.07) is 7.98. The summed E-state index contributed by atoms with van der Waals surface area (Å²) in [6.07, 6.45) is 1.20. The van der Waals surface area contributed by atoms with Gasteiger partial charge in [0.15, 0.2) is 0 Å². The van der Waals surface area contributed by atoms with E-state index in [0.717, 1.165) is 0 Å². The Hall–Kier alpha value is -2.48. The molecule has 2 aromatic rings. The fourth-order valence-corrected chi connectivity index (χ4v) is 6.97. The summed E-state index contributed by atoms with van der Waals surface area (Å²) in [7, 11) is -5.90. The van der Waals surface area contributed by atoms with E-state index in [9.17, 15) is 35.2 Å². The van der Waals surface area contributed by atoms with E-state index in [1.54, 1.807) is 0 Å². The number of hydrogen-bond acceptors (Lipinski definition) is 7. The number of anilines is 2. The Morgan fingerprint density at radius 1 is 0.795 bits per heavy atom. The number of carboxylic acids is 1. The molecule has 9 nitrogen and oxygen atoms in total. The second-order valence-electron chi connectivity index (χ2n) is 8.98.